The summed E-state index contributed by atoms with van der Waals surface area (Å²) in [4.78, 5) is 2.43. The summed E-state index contributed by atoms with van der Waals surface area (Å²) in [6.45, 7) is 7.38. The van der Waals surface area contributed by atoms with Crippen LogP contribution in [0, 0.1) is 5.92 Å². The van der Waals surface area contributed by atoms with Gasteiger partial charge in [-0.1, -0.05) is 26.0 Å². The van der Waals surface area contributed by atoms with Gasteiger partial charge in [-0.2, -0.15) is 0 Å². The Balaban J connectivity index is 1.99. The maximum absolute atomic E-state index is 5.48. The number of benzene rings is 1. The minimum atomic E-state index is 0.708. The van der Waals surface area contributed by atoms with Crippen LogP contribution in [-0.2, 0) is 13.1 Å². The fourth-order valence-electron chi connectivity index (χ4n) is 2.27. The Morgan fingerprint density at radius 3 is 2.43 bits per heavy atom. The van der Waals surface area contributed by atoms with Crippen molar-refractivity contribution in [3.8, 4) is 5.75 Å². The average molecular weight is 287 g/mol. The van der Waals surface area contributed by atoms with Crippen LogP contribution in [0.15, 0.2) is 47.1 Å². The Kier molecular flexibility index (Phi) is 5.88. The van der Waals surface area contributed by atoms with Gasteiger partial charge in [-0.15, -0.1) is 0 Å². The molecule has 0 saturated carbocycles. The van der Waals surface area contributed by atoms with Crippen molar-refractivity contribution in [2.75, 3.05) is 13.7 Å². The molecule has 3 nitrogen and oxygen atoms in total. The van der Waals surface area contributed by atoms with Gasteiger partial charge in [-0.3, -0.25) is 4.90 Å². The molecular formula is C18H25NO2. The molecular weight excluding hydrogens is 262 g/mol. The topological polar surface area (TPSA) is 25.6 Å². The molecule has 2 rings (SSSR count). The minimum absolute atomic E-state index is 0.708. The van der Waals surface area contributed by atoms with E-state index in [0.717, 1.165) is 31.1 Å². The van der Waals surface area contributed by atoms with E-state index in [2.05, 4.69) is 30.9 Å². The SMILES string of the molecule is COc1ccc(CN(CCC(C)C)Cc2ccco2)cc1. The lowest BCUT2D eigenvalue weighted by atomic mass is 10.1. The number of methoxy groups -OCH3 is 1. The molecule has 0 radical (unpaired) electrons. The molecule has 0 unspecified atom stereocenters. The molecule has 2 aromatic rings. The van der Waals surface area contributed by atoms with E-state index >= 15 is 0 Å². The molecule has 21 heavy (non-hydrogen) atoms. The van der Waals surface area contributed by atoms with Crippen LogP contribution in [0.3, 0.4) is 0 Å². The van der Waals surface area contributed by atoms with Gasteiger partial charge >= 0.3 is 0 Å². The molecule has 0 aliphatic rings. The second kappa shape index (κ2) is 7.89. The fourth-order valence-corrected chi connectivity index (χ4v) is 2.27. The van der Waals surface area contributed by atoms with Gasteiger partial charge in [0.15, 0.2) is 0 Å². The number of rotatable bonds is 8. The van der Waals surface area contributed by atoms with E-state index < -0.39 is 0 Å². The normalized spacial score (nSPS) is 11.3. The summed E-state index contributed by atoms with van der Waals surface area (Å²) in [6.07, 6.45) is 2.93. The van der Waals surface area contributed by atoms with Crippen LogP contribution in [0.4, 0.5) is 0 Å². The van der Waals surface area contributed by atoms with Crippen LogP contribution in [-0.4, -0.2) is 18.6 Å². The molecule has 0 atom stereocenters. The Labute approximate surface area is 127 Å². The molecule has 0 bridgehead atoms. The van der Waals surface area contributed by atoms with Crippen LogP contribution in [0.1, 0.15) is 31.6 Å². The van der Waals surface area contributed by atoms with Gasteiger partial charge in [0.1, 0.15) is 11.5 Å². The van der Waals surface area contributed by atoms with Crippen molar-refractivity contribution in [1.82, 2.24) is 4.90 Å². The Hall–Kier alpha value is -1.74. The van der Waals surface area contributed by atoms with Gasteiger partial charge in [0.25, 0.3) is 0 Å². The Morgan fingerprint density at radius 1 is 1.10 bits per heavy atom. The predicted molar refractivity (Wildman–Crippen MR) is 85.3 cm³/mol. The van der Waals surface area contributed by atoms with Crippen molar-refractivity contribution < 1.29 is 9.15 Å². The monoisotopic (exact) mass is 287 g/mol. The Bertz CT molecular complexity index is 503. The highest BCUT2D eigenvalue weighted by Crippen LogP contribution is 2.16. The van der Waals surface area contributed by atoms with Gasteiger partial charge in [-0.25, -0.2) is 0 Å². The average Bonchev–Trinajstić information content (AvgIpc) is 2.98. The lowest BCUT2D eigenvalue weighted by molar-refractivity contribution is 0.222. The van der Waals surface area contributed by atoms with Gasteiger partial charge in [0.05, 0.1) is 19.9 Å². The molecule has 1 heterocycles. The zero-order valence-corrected chi connectivity index (χ0v) is 13.2. The summed E-state index contributed by atoms with van der Waals surface area (Å²) in [6, 6.07) is 12.3. The van der Waals surface area contributed by atoms with Crippen LogP contribution in [0.5, 0.6) is 5.75 Å². The zero-order valence-electron chi connectivity index (χ0n) is 13.2. The highest BCUT2D eigenvalue weighted by atomic mass is 16.5. The maximum atomic E-state index is 5.48. The number of ether oxygens (including phenoxy) is 1. The number of furan rings is 1. The van der Waals surface area contributed by atoms with Crippen molar-refractivity contribution >= 4 is 0 Å². The van der Waals surface area contributed by atoms with Crippen molar-refractivity contribution in [3.05, 3.63) is 54.0 Å². The van der Waals surface area contributed by atoms with Crippen LogP contribution in [0.25, 0.3) is 0 Å². The first-order valence-corrected chi connectivity index (χ1v) is 7.55. The van der Waals surface area contributed by atoms with Crippen molar-refractivity contribution in [3.63, 3.8) is 0 Å². The lowest BCUT2D eigenvalue weighted by Gasteiger charge is -2.22. The molecule has 0 saturated heterocycles. The van der Waals surface area contributed by atoms with Crippen molar-refractivity contribution in [2.24, 2.45) is 5.92 Å². The van der Waals surface area contributed by atoms with Crippen LogP contribution in [0.2, 0.25) is 0 Å². The molecule has 1 aromatic carbocycles. The summed E-state index contributed by atoms with van der Waals surface area (Å²) in [5.41, 5.74) is 1.30. The maximum Gasteiger partial charge on any atom is 0.118 e. The first-order valence-electron chi connectivity index (χ1n) is 7.55. The summed E-state index contributed by atoms with van der Waals surface area (Å²) in [5, 5.41) is 0. The smallest absolute Gasteiger partial charge is 0.118 e. The summed E-state index contributed by atoms with van der Waals surface area (Å²) < 4.78 is 10.7. The third kappa shape index (κ3) is 5.27. The largest absolute Gasteiger partial charge is 0.497 e. The van der Waals surface area contributed by atoms with Gasteiger partial charge < -0.3 is 9.15 Å². The Morgan fingerprint density at radius 2 is 1.86 bits per heavy atom. The van der Waals surface area contributed by atoms with Gasteiger partial charge in [-0.05, 0) is 48.7 Å². The number of hydrogen-bond acceptors (Lipinski definition) is 3. The van der Waals surface area contributed by atoms with E-state index in [9.17, 15) is 0 Å². The molecule has 1 aromatic heterocycles. The third-order valence-corrected chi connectivity index (χ3v) is 3.55. The van der Waals surface area contributed by atoms with E-state index in [0.29, 0.717) is 5.92 Å². The van der Waals surface area contributed by atoms with Gasteiger partial charge in [0.2, 0.25) is 0 Å². The second-order valence-electron chi connectivity index (χ2n) is 5.82. The standard InChI is InChI=1S/C18H25NO2/c1-15(2)10-11-19(14-18-5-4-12-21-18)13-16-6-8-17(20-3)9-7-16/h4-9,12,15H,10-11,13-14H2,1-3H3. The highest BCUT2D eigenvalue weighted by Gasteiger charge is 2.10. The molecule has 0 spiro atoms. The molecule has 0 N–H and O–H groups in total. The quantitative estimate of drug-likeness (QED) is 0.722. The molecule has 0 aliphatic carbocycles. The van der Waals surface area contributed by atoms with E-state index in [1.807, 2.05) is 24.3 Å². The summed E-state index contributed by atoms with van der Waals surface area (Å²) >= 11 is 0. The van der Waals surface area contributed by atoms with Crippen LogP contribution >= 0.6 is 0 Å². The lowest BCUT2D eigenvalue weighted by Crippen LogP contribution is -2.24. The first-order chi connectivity index (χ1) is 10.2. The predicted octanol–water partition coefficient (Wildman–Crippen LogP) is 4.34. The zero-order chi connectivity index (χ0) is 15.1. The summed E-state index contributed by atoms with van der Waals surface area (Å²) in [5.74, 6) is 2.63. The van der Waals surface area contributed by atoms with E-state index in [1.54, 1.807) is 13.4 Å². The molecule has 0 aliphatic heterocycles. The van der Waals surface area contributed by atoms with E-state index in [1.165, 1.54) is 12.0 Å². The minimum Gasteiger partial charge on any atom is -0.497 e. The highest BCUT2D eigenvalue weighted by molar-refractivity contribution is 5.27. The van der Waals surface area contributed by atoms with E-state index in [4.69, 9.17) is 9.15 Å². The van der Waals surface area contributed by atoms with Crippen molar-refractivity contribution in [1.29, 1.82) is 0 Å². The van der Waals surface area contributed by atoms with E-state index in [-0.39, 0.29) is 0 Å². The third-order valence-electron chi connectivity index (χ3n) is 3.55. The van der Waals surface area contributed by atoms with Crippen LogP contribution < -0.4 is 4.74 Å². The molecule has 0 fully saturated rings. The van der Waals surface area contributed by atoms with Crippen molar-refractivity contribution in [2.45, 2.75) is 33.4 Å². The number of hydrogen-bond donors (Lipinski definition) is 0. The first kappa shape index (κ1) is 15.6. The number of nitrogens with zero attached hydrogens (tertiary/aromatic N) is 1. The van der Waals surface area contributed by atoms with Gasteiger partial charge in [0, 0.05) is 6.54 Å². The molecule has 114 valence electrons. The fraction of sp³-hybridized carbons (Fsp3) is 0.444. The molecule has 3 heteroatoms. The summed E-state index contributed by atoms with van der Waals surface area (Å²) in [7, 11) is 1.70. The second-order valence-corrected chi connectivity index (χ2v) is 5.82. The molecule has 0 amide bonds.